The monoisotopic (exact) mass is 753 g/mol. The summed E-state index contributed by atoms with van der Waals surface area (Å²) in [6, 6.07) is 6.71. The number of aliphatic hydroxyl groups excluding tert-OH is 2. The summed E-state index contributed by atoms with van der Waals surface area (Å²) in [5, 5.41) is 45.0. The van der Waals surface area contributed by atoms with Gasteiger partial charge in [0.05, 0.1) is 84.7 Å². The van der Waals surface area contributed by atoms with Crippen LogP contribution in [0, 0.1) is 5.82 Å². The van der Waals surface area contributed by atoms with Gasteiger partial charge in [-0.1, -0.05) is 26.0 Å². The summed E-state index contributed by atoms with van der Waals surface area (Å²) in [4.78, 5) is 24.8. The van der Waals surface area contributed by atoms with Gasteiger partial charge < -0.3 is 39.5 Å². The maximum absolute atomic E-state index is 14.5. The number of amides is 1. The first kappa shape index (κ1) is 45.3. The molecule has 2 aliphatic rings. The molecule has 0 atom stereocenters. The highest BCUT2D eigenvalue weighted by Crippen LogP contribution is 2.50. The Hall–Kier alpha value is -3.89. The molecule has 1 aromatic heterocycles. The van der Waals surface area contributed by atoms with Crippen LogP contribution < -0.4 is 15.5 Å². The van der Waals surface area contributed by atoms with Crippen LogP contribution in [0.1, 0.15) is 73.5 Å². The first-order chi connectivity index (χ1) is 24.4. The predicted molar refractivity (Wildman–Crippen MR) is 191 cm³/mol. The number of likely N-dealkylation sites (N-methyl/N-ethyl adjacent to an activating group) is 2. The van der Waals surface area contributed by atoms with Crippen molar-refractivity contribution in [2.75, 3.05) is 73.9 Å². The van der Waals surface area contributed by atoms with Crippen LogP contribution >= 0.6 is 0 Å². The summed E-state index contributed by atoms with van der Waals surface area (Å²) in [6.07, 6.45) is 1.90. The fourth-order valence-corrected chi connectivity index (χ4v) is 5.04. The number of alkyl halides is 3. The van der Waals surface area contributed by atoms with Gasteiger partial charge in [-0.25, -0.2) is 4.39 Å². The van der Waals surface area contributed by atoms with Crippen molar-refractivity contribution in [3.8, 4) is 11.1 Å². The molecule has 3 aromatic rings. The summed E-state index contributed by atoms with van der Waals surface area (Å²) in [7, 11) is 12.3. The quantitative estimate of drug-likeness (QED) is 0.212. The molecule has 2 aromatic carbocycles. The SMILES string of the molecule is CC(C)[O-].C[N+](C)(C)CCO.C[N+](C)(C)CCO.O=C([O-])c1cc(NC(=O)C2(c3ccc(C(F)(F)F)cc3F)CC2)ccc1-c1cnn(C2CCC2)c1. The summed E-state index contributed by atoms with van der Waals surface area (Å²) in [5.41, 5.74) is -1.58. The molecule has 0 radical (unpaired) electrons. The second-order valence-electron chi connectivity index (χ2n) is 15.6. The zero-order chi connectivity index (χ0) is 40.4. The van der Waals surface area contributed by atoms with Crippen LogP contribution in [0.4, 0.5) is 23.2 Å². The number of quaternary nitrogens is 2. The van der Waals surface area contributed by atoms with E-state index in [-0.39, 0.29) is 42.9 Å². The first-order valence-electron chi connectivity index (χ1n) is 17.5. The van der Waals surface area contributed by atoms with Crippen LogP contribution in [0.3, 0.4) is 0 Å². The molecule has 1 heterocycles. The van der Waals surface area contributed by atoms with Crippen molar-refractivity contribution >= 4 is 17.6 Å². The topological polar surface area (TPSA) is 151 Å². The van der Waals surface area contributed by atoms with Gasteiger partial charge in [-0.05, 0) is 61.9 Å². The maximum atomic E-state index is 14.5. The van der Waals surface area contributed by atoms with Gasteiger partial charge in [-0.2, -0.15) is 18.3 Å². The number of carbonyl (C=O) groups is 2. The van der Waals surface area contributed by atoms with Crippen LogP contribution in [-0.2, 0) is 16.4 Å². The number of aliphatic hydroxyl groups is 2. The lowest BCUT2D eigenvalue weighted by atomic mass is 9.92. The number of hydrogen-bond donors (Lipinski definition) is 3. The van der Waals surface area contributed by atoms with Crippen LogP contribution in [0.5, 0.6) is 0 Å². The van der Waals surface area contributed by atoms with Gasteiger partial charge in [0, 0.05) is 28.6 Å². The molecule has 296 valence electrons. The number of rotatable bonds is 10. The lowest BCUT2D eigenvalue weighted by Gasteiger charge is -2.25. The van der Waals surface area contributed by atoms with Gasteiger partial charge in [0.15, 0.2) is 0 Å². The average Bonchev–Trinajstić information content (AvgIpc) is 3.66. The number of carboxylic acids is 1. The molecule has 3 N–H and O–H groups in total. The van der Waals surface area contributed by atoms with Gasteiger partial charge >= 0.3 is 6.18 Å². The lowest BCUT2D eigenvalue weighted by Crippen LogP contribution is -2.36. The molecule has 0 aliphatic heterocycles. The standard InChI is InChI=1S/C25H21F4N3O3.2C5H14NO.C3H7O/c26-21-10-15(25(27,28)29)4-7-20(21)24(8-9-24)23(35)31-16-5-6-18(19(11-16)22(33)34)14-12-30-32(13-14)17-2-1-3-17;2*1-6(2,3)4-5-7;1-3(2)4/h4-7,10-13,17H,1-3,8-9H2,(H,31,35)(H,33,34);2*7H,4-5H2,1-3H3;3H,1-2H3/q;2*+1;-1/p-1. The Morgan fingerprint density at radius 2 is 1.53 bits per heavy atom. The van der Waals surface area contributed by atoms with Gasteiger partial charge in [0.25, 0.3) is 0 Å². The highest BCUT2D eigenvalue weighted by Gasteiger charge is 2.53. The van der Waals surface area contributed by atoms with Crippen LogP contribution in [-0.4, -0.2) is 116 Å². The largest absolute Gasteiger partial charge is 0.852 e. The number of carboxylic acid groups (broad SMARTS) is 1. The van der Waals surface area contributed by atoms with E-state index in [1.54, 1.807) is 26.2 Å². The Morgan fingerprint density at radius 1 is 0.981 bits per heavy atom. The third-order valence-corrected chi connectivity index (χ3v) is 8.40. The zero-order valence-corrected chi connectivity index (χ0v) is 32.0. The molecule has 0 spiro atoms. The van der Waals surface area contributed by atoms with E-state index in [1.807, 2.05) is 4.68 Å². The number of aromatic nitrogens is 2. The first-order valence-corrected chi connectivity index (χ1v) is 17.5. The Balaban J connectivity index is 0.000000448. The fraction of sp³-hybridized carbons (Fsp3) is 0.553. The maximum Gasteiger partial charge on any atom is 0.416 e. The Morgan fingerprint density at radius 3 is 1.91 bits per heavy atom. The van der Waals surface area contributed by atoms with E-state index in [9.17, 15) is 37.4 Å². The van der Waals surface area contributed by atoms with Crippen molar-refractivity contribution in [1.82, 2.24) is 9.78 Å². The number of carbonyl (C=O) groups excluding carboxylic acids is 2. The summed E-state index contributed by atoms with van der Waals surface area (Å²) in [6.45, 7) is 5.45. The minimum atomic E-state index is -4.70. The summed E-state index contributed by atoms with van der Waals surface area (Å²) in [5.74, 6) is -3.17. The smallest absolute Gasteiger partial charge is 0.416 e. The molecule has 0 unspecified atom stereocenters. The van der Waals surface area contributed by atoms with Crippen molar-refractivity contribution in [2.24, 2.45) is 0 Å². The van der Waals surface area contributed by atoms with Gasteiger partial charge in [0.2, 0.25) is 5.91 Å². The third kappa shape index (κ3) is 14.5. The number of nitrogens with one attached hydrogen (secondary N) is 1. The number of anilines is 1. The average molecular weight is 754 g/mol. The number of nitrogens with zero attached hydrogens (tertiary/aromatic N) is 4. The van der Waals surface area contributed by atoms with Crippen LogP contribution in [0.25, 0.3) is 11.1 Å². The van der Waals surface area contributed by atoms with E-state index in [4.69, 9.17) is 10.2 Å². The third-order valence-electron chi connectivity index (χ3n) is 8.40. The number of benzene rings is 2. The van der Waals surface area contributed by atoms with Crippen LogP contribution in [0.2, 0.25) is 0 Å². The molecular weight excluding hydrogens is 698 g/mol. The molecule has 2 aliphatic carbocycles. The van der Waals surface area contributed by atoms with E-state index < -0.39 is 41.0 Å². The molecule has 11 nitrogen and oxygen atoms in total. The lowest BCUT2D eigenvalue weighted by molar-refractivity contribution is -0.870. The Kier molecular flexibility index (Phi) is 16.2. The molecule has 5 rings (SSSR count). The van der Waals surface area contributed by atoms with E-state index in [2.05, 4.69) is 52.7 Å². The predicted octanol–water partition coefficient (Wildman–Crippen LogP) is 3.59. The molecule has 0 saturated heterocycles. The fourth-order valence-electron chi connectivity index (χ4n) is 5.04. The molecule has 0 bridgehead atoms. The number of aromatic carboxylic acids is 1. The zero-order valence-electron chi connectivity index (χ0n) is 32.0. The molecule has 15 heteroatoms. The van der Waals surface area contributed by atoms with Crippen molar-refractivity contribution in [3.63, 3.8) is 0 Å². The highest BCUT2D eigenvalue weighted by molar-refractivity contribution is 6.03. The molecule has 2 saturated carbocycles. The van der Waals surface area contributed by atoms with Crippen molar-refractivity contribution in [3.05, 3.63) is 71.3 Å². The van der Waals surface area contributed by atoms with E-state index >= 15 is 0 Å². The van der Waals surface area contributed by atoms with Crippen molar-refractivity contribution < 1.29 is 56.5 Å². The Bertz CT molecular complexity index is 1620. The summed E-state index contributed by atoms with van der Waals surface area (Å²) >= 11 is 0. The van der Waals surface area contributed by atoms with E-state index in [1.165, 1.54) is 18.2 Å². The minimum Gasteiger partial charge on any atom is -0.852 e. The van der Waals surface area contributed by atoms with Gasteiger partial charge in [-0.3, -0.25) is 9.48 Å². The summed E-state index contributed by atoms with van der Waals surface area (Å²) < 4.78 is 56.7. The molecular formula is C38H55F4N5O6. The second kappa shape index (κ2) is 18.9. The van der Waals surface area contributed by atoms with E-state index in [0.29, 0.717) is 23.2 Å². The highest BCUT2D eigenvalue weighted by atomic mass is 19.4. The molecule has 2 fully saturated rings. The minimum absolute atomic E-state index is 0.122. The molecule has 1 amide bonds. The van der Waals surface area contributed by atoms with E-state index in [0.717, 1.165) is 53.5 Å². The van der Waals surface area contributed by atoms with Crippen molar-refractivity contribution in [2.45, 2.75) is 69.7 Å². The number of halogens is 4. The molecule has 53 heavy (non-hydrogen) atoms. The van der Waals surface area contributed by atoms with Crippen LogP contribution in [0.15, 0.2) is 48.8 Å². The van der Waals surface area contributed by atoms with Gasteiger partial charge in [-0.15, -0.1) is 6.10 Å². The Labute approximate surface area is 309 Å². The number of hydrogen-bond acceptors (Lipinski definition) is 7. The second-order valence-corrected chi connectivity index (χ2v) is 15.6. The van der Waals surface area contributed by atoms with Crippen molar-refractivity contribution in [1.29, 1.82) is 0 Å². The van der Waals surface area contributed by atoms with Gasteiger partial charge in [0.1, 0.15) is 18.9 Å². The normalized spacial score (nSPS) is 15.1.